The molecule has 0 heterocycles. The third-order valence-electron chi connectivity index (χ3n) is 3.60. The van der Waals surface area contributed by atoms with Crippen molar-refractivity contribution in [2.24, 2.45) is 5.92 Å². The van der Waals surface area contributed by atoms with Crippen LogP contribution in [0.3, 0.4) is 0 Å². The van der Waals surface area contributed by atoms with Crippen LogP contribution in [-0.2, 0) is 4.79 Å². The molecular formula is C13H25NO2. The molecule has 94 valence electrons. The van der Waals surface area contributed by atoms with E-state index in [-0.39, 0.29) is 6.54 Å². The quantitative estimate of drug-likeness (QED) is 0.727. The summed E-state index contributed by atoms with van der Waals surface area (Å²) in [5.74, 6) is 0.202. The lowest BCUT2D eigenvalue weighted by Gasteiger charge is -2.24. The third-order valence-corrected chi connectivity index (χ3v) is 3.60. The lowest BCUT2D eigenvalue weighted by molar-refractivity contribution is -0.138. The van der Waals surface area contributed by atoms with Gasteiger partial charge in [0.2, 0.25) is 0 Å². The van der Waals surface area contributed by atoms with E-state index < -0.39 is 5.97 Å². The summed E-state index contributed by atoms with van der Waals surface area (Å²) in [5.41, 5.74) is 0. The molecule has 0 aromatic rings. The number of carbonyl (C=O) groups is 1. The summed E-state index contributed by atoms with van der Waals surface area (Å²) in [6, 6.07) is 0.333. The Hall–Kier alpha value is -0.570. The van der Waals surface area contributed by atoms with Crippen LogP contribution in [0, 0.1) is 5.92 Å². The van der Waals surface area contributed by atoms with Crippen molar-refractivity contribution in [3.63, 3.8) is 0 Å². The lowest BCUT2D eigenvalue weighted by atomic mass is 10.0. The highest BCUT2D eigenvalue weighted by Gasteiger charge is 2.17. The molecule has 0 atom stereocenters. The van der Waals surface area contributed by atoms with Crippen molar-refractivity contribution in [2.75, 3.05) is 13.1 Å². The number of nitrogens with zero attached hydrogens (tertiary/aromatic N) is 1. The molecule has 0 unspecified atom stereocenters. The van der Waals surface area contributed by atoms with Crippen molar-refractivity contribution < 1.29 is 9.90 Å². The lowest BCUT2D eigenvalue weighted by Crippen LogP contribution is -2.36. The second kappa shape index (κ2) is 6.89. The predicted molar refractivity (Wildman–Crippen MR) is 65.5 cm³/mol. The van der Waals surface area contributed by atoms with Gasteiger partial charge in [0.05, 0.1) is 6.54 Å². The Labute approximate surface area is 98.8 Å². The molecule has 1 saturated carbocycles. The van der Waals surface area contributed by atoms with Gasteiger partial charge in [-0.2, -0.15) is 0 Å². The van der Waals surface area contributed by atoms with E-state index in [0.29, 0.717) is 6.04 Å². The monoisotopic (exact) mass is 227 g/mol. The van der Waals surface area contributed by atoms with Gasteiger partial charge in [0.25, 0.3) is 0 Å². The van der Waals surface area contributed by atoms with Crippen LogP contribution in [0.25, 0.3) is 0 Å². The standard InChI is InChI=1S/C13H25NO2/c1-11(2)14(10-13(15)16)9-5-8-12-6-3-4-7-12/h11-12H,3-10H2,1-2H3,(H,15,16). The van der Waals surface area contributed by atoms with Crippen molar-refractivity contribution in [1.29, 1.82) is 0 Å². The van der Waals surface area contributed by atoms with Gasteiger partial charge in [0.15, 0.2) is 0 Å². The molecule has 0 aromatic heterocycles. The first-order chi connectivity index (χ1) is 7.59. The van der Waals surface area contributed by atoms with Gasteiger partial charge >= 0.3 is 5.97 Å². The Balaban J connectivity index is 2.18. The van der Waals surface area contributed by atoms with E-state index in [9.17, 15) is 4.79 Å². The normalized spacial score (nSPS) is 17.5. The van der Waals surface area contributed by atoms with Gasteiger partial charge in [-0.1, -0.05) is 25.7 Å². The maximum atomic E-state index is 10.7. The van der Waals surface area contributed by atoms with Crippen molar-refractivity contribution in [3.8, 4) is 0 Å². The molecule has 0 amide bonds. The van der Waals surface area contributed by atoms with E-state index in [0.717, 1.165) is 18.9 Å². The van der Waals surface area contributed by atoms with Crippen LogP contribution in [0.2, 0.25) is 0 Å². The minimum atomic E-state index is -0.713. The average Bonchev–Trinajstić information content (AvgIpc) is 2.68. The van der Waals surface area contributed by atoms with Crippen LogP contribution in [0.4, 0.5) is 0 Å². The minimum Gasteiger partial charge on any atom is -0.480 e. The number of hydrogen-bond donors (Lipinski definition) is 1. The summed E-state index contributed by atoms with van der Waals surface area (Å²) in [5, 5.41) is 8.80. The Morgan fingerprint density at radius 1 is 1.38 bits per heavy atom. The molecule has 1 rings (SSSR count). The molecule has 1 aliphatic rings. The second-order valence-corrected chi connectivity index (χ2v) is 5.25. The second-order valence-electron chi connectivity index (χ2n) is 5.25. The highest BCUT2D eigenvalue weighted by Crippen LogP contribution is 2.28. The maximum Gasteiger partial charge on any atom is 0.317 e. The summed E-state index contributed by atoms with van der Waals surface area (Å²) >= 11 is 0. The Morgan fingerprint density at radius 3 is 2.50 bits per heavy atom. The van der Waals surface area contributed by atoms with Gasteiger partial charge in [-0.05, 0) is 39.2 Å². The number of aliphatic carboxylic acids is 1. The Bertz CT molecular complexity index is 210. The third kappa shape index (κ3) is 4.97. The first-order valence-corrected chi connectivity index (χ1v) is 6.55. The fraction of sp³-hybridized carbons (Fsp3) is 0.923. The van der Waals surface area contributed by atoms with Crippen LogP contribution in [0.5, 0.6) is 0 Å². The first-order valence-electron chi connectivity index (χ1n) is 6.55. The summed E-state index contributed by atoms with van der Waals surface area (Å²) in [6.45, 7) is 5.25. The van der Waals surface area contributed by atoms with Gasteiger partial charge in [0, 0.05) is 6.04 Å². The summed E-state index contributed by atoms with van der Waals surface area (Å²) in [6.07, 6.45) is 8.00. The van der Waals surface area contributed by atoms with E-state index in [1.807, 2.05) is 0 Å². The molecular weight excluding hydrogens is 202 g/mol. The summed E-state index contributed by atoms with van der Waals surface area (Å²) < 4.78 is 0. The fourth-order valence-electron chi connectivity index (χ4n) is 2.58. The van der Waals surface area contributed by atoms with Gasteiger partial charge in [-0.3, -0.25) is 9.69 Å². The van der Waals surface area contributed by atoms with E-state index in [2.05, 4.69) is 18.7 Å². The molecule has 0 saturated heterocycles. The number of rotatable bonds is 7. The molecule has 16 heavy (non-hydrogen) atoms. The van der Waals surface area contributed by atoms with Crippen LogP contribution < -0.4 is 0 Å². The smallest absolute Gasteiger partial charge is 0.317 e. The van der Waals surface area contributed by atoms with Crippen molar-refractivity contribution in [1.82, 2.24) is 4.90 Å². The van der Waals surface area contributed by atoms with E-state index in [1.165, 1.54) is 32.1 Å². The van der Waals surface area contributed by atoms with Crippen LogP contribution in [0.1, 0.15) is 52.4 Å². The van der Waals surface area contributed by atoms with Crippen molar-refractivity contribution >= 4 is 5.97 Å². The zero-order chi connectivity index (χ0) is 12.0. The molecule has 1 aliphatic carbocycles. The zero-order valence-electron chi connectivity index (χ0n) is 10.6. The van der Waals surface area contributed by atoms with Gasteiger partial charge in [-0.25, -0.2) is 0 Å². The molecule has 3 nitrogen and oxygen atoms in total. The predicted octanol–water partition coefficient (Wildman–Crippen LogP) is 2.75. The Morgan fingerprint density at radius 2 is 2.00 bits per heavy atom. The van der Waals surface area contributed by atoms with Crippen molar-refractivity contribution in [2.45, 2.75) is 58.4 Å². The maximum absolute atomic E-state index is 10.7. The molecule has 0 radical (unpaired) electrons. The average molecular weight is 227 g/mol. The molecule has 0 bridgehead atoms. The van der Waals surface area contributed by atoms with Crippen LogP contribution in [0.15, 0.2) is 0 Å². The summed E-state index contributed by atoms with van der Waals surface area (Å²) in [4.78, 5) is 12.7. The SMILES string of the molecule is CC(C)N(CCCC1CCCC1)CC(=O)O. The molecule has 1 fully saturated rings. The molecule has 0 aliphatic heterocycles. The van der Waals surface area contributed by atoms with Gasteiger partial charge in [-0.15, -0.1) is 0 Å². The van der Waals surface area contributed by atoms with Gasteiger partial charge in [0.1, 0.15) is 0 Å². The highest BCUT2D eigenvalue weighted by molar-refractivity contribution is 5.69. The topological polar surface area (TPSA) is 40.5 Å². The van der Waals surface area contributed by atoms with E-state index >= 15 is 0 Å². The minimum absolute atomic E-state index is 0.183. The summed E-state index contributed by atoms with van der Waals surface area (Å²) in [7, 11) is 0. The molecule has 0 aromatic carbocycles. The number of carboxylic acid groups (broad SMARTS) is 1. The molecule has 3 heteroatoms. The number of hydrogen-bond acceptors (Lipinski definition) is 2. The molecule has 1 N–H and O–H groups in total. The largest absolute Gasteiger partial charge is 0.480 e. The van der Waals surface area contributed by atoms with E-state index in [1.54, 1.807) is 0 Å². The zero-order valence-corrected chi connectivity index (χ0v) is 10.6. The first kappa shape index (κ1) is 13.5. The van der Waals surface area contributed by atoms with Gasteiger partial charge < -0.3 is 5.11 Å². The highest BCUT2D eigenvalue weighted by atomic mass is 16.4. The number of carboxylic acids is 1. The van der Waals surface area contributed by atoms with Crippen molar-refractivity contribution in [3.05, 3.63) is 0 Å². The van der Waals surface area contributed by atoms with Crippen LogP contribution in [-0.4, -0.2) is 35.1 Å². The molecule has 0 spiro atoms. The Kier molecular flexibility index (Phi) is 5.81. The van der Waals surface area contributed by atoms with Crippen LogP contribution >= 0.6 is 0 Å². The van der Waals surface area contributed by atoms with E-state index in [4.69, 9.17) is 5.11 Å². The fourth-order valence-corrected chi connectivity index (χ4v) is 2.58.